The molecule has 0 saturated heterocycles. The van der Waals surface area contributed by atoms with Gasteiger partial charge in [-0.05, 0) is 36.3 Å². The van der Waals surface area contributed by atoms with Gasteiger partial charge in [0.1, 0.15) is 0 Å². The molecule has 1 aromatic rings. The maximum atomic E-state index is 12.4. The highest BCUT2D eigenvalue weighted by molar-refractivity contribution is 7.12. The number of hydrogen-bond acceptors (Lipinski definition) is 3. The summed E-state index contributed by atoms with van der Waals surface area (Å²) in [4.78, 5) is 15.1. The van der Waals surface area contributed by atoms with Crippen molar-refractivity contribution < 1.29 is 4.79 Å². The topological polar surface area (TPSA) is 44.1 Å². The van der Waals surface area contributed by atoms with Crippen LogP contribution in [0.5, 0.6) is 0 Å². The molecule has 4 heteroatoms. The molecular formula is C13H16N2OS. The van der Waals surface area contributed by atoms with E-state index in [1.165, 1.54) is 11.3 Å². The fourth-order valence-corrected chi connectivity index (χ4v) is 2.89. The Kier molecular flexibility index (Phi) is 3.80. The Bertz CT molecular complexity index is 443. The minimum Gasteiger partial charge on any atom is -0.334 e. The Morgan fingerprint density at radius 2 is 2.41 bits per heavy atom. The SMILES string of the molecule is CCc1ccsc1C(=O)N(CCC#N)C1CC1. The standard InChI is InChI=1S/C13H16N2OS/c1-2-10-6-9-17-12(10)13(16)15(8-3-7-14)11-4-5-11/h6,9,11H,2-5,8H2,1H3. The molecule has 0 unspecified atom stereocenters. The van der Waals surface area contributed by atoms with Gasteiger partial charge in [-0.25, -0.2) is 0 Å². The number of carbonyl (C=O) groups is 1. The molecule has 0 N–H and O–H groups in total. The first-order chi connectivity index (χ1) is 8.27. The lowest BCUT2D eigenvalue weighted by molar-refractivity contribution is 0.0751. The first-order valence-corrected chi connectivity index (χ1v) is 6.90. The van der Waals surface area contributed by atoms with Gasteiger partial charge in [0, 0.05) is 12.6 Å². The van der Waals surface area contributed by atoms with Crippen LogP contribution in [0.15, 0.2) is 11.4 Å². The lowest BCUT2D eigenvalue weighted by atomic mass is 10.2. The molecule has 0 radical (unpaired) electrons. The number of nitriles is 1. The molecular weight excluding hydrogens is 232 g/mol. The van der Waals surface area contributed by atoms with Crippen LogP contribution in [0.4, 0.5) is 0 Å². The van der Waals surface area contributed by atoms with Crippen molar-refractivity contribution in [3.63, 3.8) is 0 Å². The number of aryl methyl sites for hydroxylation is 1. The third kappa shape index (κ3) is 2.67. The molecule has 0 bridgehead atoms. The van der Waals surface area contributed by atoms with Gasteiger partial charge in [0.05, 0.1) is 17.4 Å². The molecule has 2 rings (SSSR count). The van der Waals surface area contributed by atoms with Crippen LogP contribution >= 0.6 is 11.3 Å². The van der Waals surface area contributed by atoms with Gasteiger partial charge < -0.3 is 4.90 Å². The molecule has 1 aliphatic carbocycles. The number of thiophene rings is 1. The first kappa shape index (κ1) is 12.1. The zero-order valence-electron chi connectivity index (χ0n) is 9.98. The van der Waals surface area contributed by atoms with Crippen LogP contribution < -0.4 is 0 Å². The van der Waals surface area contributed by atoms with Crippen LogP contribution in [-0.2, 0) is 6.42 Å². The highest BCUT2D eigenvalue weighted by atomic mass is 32.1. The Morgan fingerprint density at radius 1 is 1.65 bits per heavy atom. The molecule has 1 aromatic heterocycles. The largest absolute Gasteiger partial charge is 0.334 e. The summed E-state index contributed by atoms with van der Waals surface area (Å²) >= 11 is 1.52. The van der Waals surface area contributed by atoms with Crippen LogP contribution in [0.25, 0.3) is 0 Å². The predicted octanol–water partition coefficient (Wildman–Crippen LogP) is 2.83. The fourth-order valence-electron chi connectivity index (χ4n) is 1.94. The molecule has 0 aromatic carbocycles. The van der Waals surface area contributed by atoms with Gasteiger partial charge in [-0.2, -0.15) is 5.26 Å². The molecule has 0 spiro atoms. The second-order valence-corrected chi connectivity index (χ2v) is 5.18. The molecule has 0 atom stereocenters. The molecule has 3 nitrogen and oxygen atoms in total. The van der Waals surface area contributed by atoms with E-state index in [0.717, 1.165) is 29.7 Å². The van der Waals surface area contributed by atoms with Gasteiger partial charge in [0.2, 0.25) is 0 Å². The van der Waals surface area contributed by atoms with Crippen molar-refractivity contribution in [3.05, 3.63) is 21.9 Å². The molecule has 1 saturated carbocycles. The summed E-state index contributed by atoms with van der Waals surface area (Å²) in [5.41, 5.74) is 1.13. The van der Waals surface area contributed by atoms with Crippen molar-refractivity contribution in [2.45, 2.75) is 38.6 Å². The molecule has 1 amide bonds. The van der Waals surface area contributed by atoms with Gasteiger partial charge >= 0.3 is 0 Å². The Balaban J connectivity index is 2.13. The molecule has 1 heterocycles. The van der Waals surface area contributed by atoms with E-state index in [-0.39, 0.29) is 5.91 Å². The van der Waals surface area contributed by atoms with Gasteiger partial charge in [-0.1, -0.05) is 6.92 Å². The third-order valence-corrected chi connectivity index (χ3v) is 3.98. The summed E-state index contributed by atoms with van der Waals surface area (Å²) in [5.74, 6) is 0.120. The fraction of sp³-hybridized carbons (Fsp3) is 0.538. The Labute approximate surface area is 106 Å². The zero-order valence-corrected chi connectivity index (χ0v) is 10.8. The molecule has 1 fully saturated rings. The normalized spacial score (nSPS) is 14.4. The third-order valence-electron chi connectivity index (χ3n) is 3.03. The monoisotopic (exact) mass is 248 g/mol. The van der Waals surface area contributed by atoms with Crippen molar-refractivity contribution in [2.75, 3.05) is 6.54 Å². The van der Waals surface area contributed by atoms with E-state index in [1.807, 2.05) is 16.3 Å². The van der Waals surface area contributed by atoms with Crippen LogP contribution in [0.1, 0.15) is 41.4 Å². The lowest BCUT2D eigenvalue weighted by Gasteiger charge is -2.21. The van der Waals surface area contributed by atoms with E-state index in [1.54, 1.807) is 0 Å². The zero-order chi connectivity index (χ0) is 12.3. The van der Waals surface area contributed by atoms with Crippen LogP contribution in [0.3, 0.4) is 0 Å². The smallest absolute Gasteiger partial charge is 0.264 e. The van der Waals surface area contributed by atoms with Crippen LogP contribution in [-0.4, -0.2) is 23.4 Å². The molecule has 1 aliphatic rings. The van der Waals surface area contributed by atoms with Crippen molar-refractivity contribution >= 4 is 17.2 Å². The maximum absolute atomic E-state index is 12.4. The second-order valence-electron chi connectivity index (χ2n) is 4.27. The van der Waals surface area contributed by atoms with E-state index < -0.39 is 0 Å². The minimum atomic E-state index is 0.120. The molecule has 17 heavy (non-hydrogen) atoms. The predicted molar refractivity (Wildman–Crippen MR) is 68.0 cm³/mol. The maximum Gasteiger partial charge on any atom is 0.264 e. The summed E-state index contributed by atoms with van der Waals surface area (Å²) in [6.45, 7) is 2.64. The number of carbonyl (C=O) groups excluding carboxylic acids is 1. The first-order valence-electron chi connectivity index (χ1n) is 6.02. The van der Waals surface area contributed by atoms with Crippen molar-refractivity contribution in [1.82, 2.24) is 4.90 Å². The number of amides is 1. The van der Waals surface area contributed by atoms with Crippen molar-refractivity contribution in [2.24, 2.45) is 0 Å². The van der Waals surface area contributed by atoms with E-state index in [4.69, 9.17) is 5.26 Å². The Hall–Kier alpha value is -1.34. The van der Waals surface area contributed by atoms with E-state index in [0.29, 0.717) is 19.0 Å². The van der Waals surface area contributed by atoms with Gasteiger partial charge in [-0.15, -0.1) is 11.3 Å². The highest BCUT2D eigenvalue weighted by Gasteiger charge is 2.33. The Morgan fingerprint density at radius 3 is 3.00 bits per heavy atom. The average Bonchev–Trinajstić information content (AvgIpc) is 3.06. The summed E-state index contributed by atoms with van der Waals surface area (Å²) < 4.78 is 0. The van der Waals surface area contributed by atoms with Crippen molar-refractivity contribution in [1.29, 1.82) is 5.26 Å². The van der Waals surface area contributed by atoms with Gasteiger partial charge in [0.15, 0.2) is 0 Å². The number of hydrogen-bond donors (Lipinski definition) is 0. The minimum absolute atomic E-state index is 0.120. The number of rotatable bonds is 5. The van der Waals surface area contributed by atoms with E-state index >= 15 is 0 Å². The molecule has 90 valence electrons. The quantitative estimate of drug-likeness (QED) is 0.804. The van der Waals surface area contributed by atoms with E-state index in [9.17, 15) is 4.79 Å². The van der Waals surface area contributed by atoms with Gasteiger partial charge in [-0.3, -0.25) is 4.79 Å². The summed E-state index contributed by atoms with van der Waals surface area (Å²) in [5, 5.41) is 10.6. The average molecular weight is 248 g/mol. The van der Waals surface area contributed by atoms with Crippen molar-refractivity contribution in [3.8, 4) is 6.07 Å². The van der Waals surface area contributed by atoms with Crippen LogP contribution in [0.2, 0.25) is 0 Å². The summed E-state index contributed by atoms with van der Waals surface area (Å²) in [7, 11) is 0. The summed E-state index contributed by atoms with van der Waals surface area (Å²) in [6, 6.07) is 4.52. The van der Waals surface area contributed by atoms with Crippen LogP contribution in [0, 0.1) is 11.3 Å². The van der Waals surface area contributed by atoms with E-state index in [2.05, 4.69) is 13.0 Å². The highest BCUT2D eigenvalue weighted by Crippen LogP contribution is 2.30. The summed E-state index contributed by atoms with van der Waals surface area (Å²) in [6.07, 6.45) is 3.49. The lowest BCUT2D eigenvalue weighted by Crippen LogP contribution is -2.33. The number of nitrogens with zero attached hydrogens (tertiary/aromatic N) is 2. The van der Waals surface area contributed by atoms with Gasteiger partial charge in [0.25, 0.3) is 5.91 Å². The second kappa shape index (κ2) is 5.33. The molecule has 0 aliphatic heterocycles.